The summed E-state index contributed by atoms with van der Waals surface area (Å²) in [6, 6.07) is 9.27. The molecule has 1 aromatic heterocycles. The number of rotatable bonds is 4. The number of benzene rings is 2. The van der Waals surface area contributed by atoms with E-state index in [9.17, 15) is 26.4 Å². The van der Waals surface area contributed by atoms with Crippen LogP contribution in [-0.4, -0.2) is 24.3 Å². The summed E-state index contributed by atoms with van der Waals surface area (Å²) in [6.45, 7) is 1.37. The molecule has 8 nitrogen and oxygen atoms in total. The Morgan fingerprint density at radius 3 is 2.42 bits per heavy atom. The summed E-state index contributed by atoms with van der Waals surface area (Å²) < 4.78 is 69.5. The van der Waals surface area contributed by atoms with Crippen molar-refractivity contribution in [1.82, 2.24) is 9.78 Å². The van der Waals surface area contributed by atoms with Gasteiger partial charge in [0.1, 0.15) is 0 Å². The third-order valence-corrected chi connectivity index (χ3v) is 5.41. The van der Waals surface area contributed by atoms with Crippen LogP contribution >= 0.6 is 11.6 Å². The van der Waals surface area contributed by atoms with Gasteiger partial charge >= 0.3 is 12.3 Å². The van der Waals surface area contributed by atoms with Gasteiger partial charge in [0.25, 0.3) is 0 Å². The van der Waals surface area contributed by atoms with Gasteiger partial charge in [0, 0.05) is 10.7 Å². The topological polar surface area (TPSA) is 116 Å². The minimum atomic E-state index is -4.91. The molecule has 3 aromatic rings. The van der Waals surface area contributed by atoms with Gasteiger partial charge in [-0.2, -0.15) is 18.3 Å². The molecule has 3 rings (SSSR count). The van der Waals surface area contributed by atoms with Crippen LogP contribution in [0.5, 0.6) is 5.75 Å². The van der Waals surface area contributed by atoms with Crippen molar-refractivity contribution in [3.8, 4) is 11.4 Å². The fourth-order valence-electron chi connectivity index (χ4n) is 2.74. The Bertz CT molecular complexity index is 1240. The molecule has 1 heterocycles. The number of nitrogens with zero attached hydrogens (tertiary/aromatic N) is 2. The molecule has 0 saturated heterocycles. The normalized spacial score (nSPS) is 11.9. The van der Waals surface area contributed by atoms with Crippen LogP contribution in [0.2, 0.25) is 5.02 Å². The molecular formula is C18H14ClF3N4O4S. The number of aromatic nitrogens is 2. The van der Waals surface area contributed by atoms with Gasteiger partial charge in [-0.05, 0) is 48.9 Å². The van der Waals surface area contributed by atoms with Gasteiger partial charge in [0.15, 0.2) is 11.4 Å². The molecule has 0 aliphatic carbocycles. The van der Waals surface area contributed by atoms with Crippen LogP contribution in [0.4, 0.5) is 23.7 Å². The minimum Gasteiger partial charge on any atom is -0.406 e. The SMILES string of the molecule is Cc1c(NC(=O)Oc2cnn(-c3ccc(Cl)cc3)c2C(F)(F)F)cccc1S(N)(=O)=O. The van der Waals surface area contributed by atoms with Gasteiger partial charge < -0.3 is 4.74 Å². The number of carbonyl (C=O) groups excluding carboxylic acids is 1. The molecular weight excluding hydrogens is 461 g/mol. The summed E-state index contributed by atoms with van der Waals surface area (Å²) in [5.74, 6) is -0.847. The summed E-state index contributed by atoms with van der Waals surface area (Å²) in [6.07, 6.45) is -5.45. The van der Waals surface area contributed by atoms with E-state index in [-0.39, 0.29) is 21.8 Å². The molecule has 0 saturated carbocycles. The summed E-state index contributed by atoms with van der Waals surface area (Å²) in [5, 5.41) is 11.3. The minimum absolute atomic E-state index is 0.00447. The fraction of sp³-hybridized carbons (Fsp3) is 0.111. The van der Waals surface area contributed by atoms with Gasteiger partial charge in [0.05, 0.1) is 16.8 Å². The van der Waals surface area contributed by atoms with Gasteiger partial charge in [-0.25, -0.2) is 23.0 Å². The number of carbonyl (C=O) groups is 1. The standard InChI is InChI=1S/C18H14ClF3N4O4S/c1-10-13(3-2-4-15(10)31(23,28)29)25-17(27)30-14-9-24-26(16(14)18(20,21)22)12-7-5-11(19)6-8-12/h2-9H,1H3,(H,25,27)(H2,23,28,29). The van der Waals surface area contributed by atoms with E-state index in [4.69, 9.17) is 21.5 Å². The second-order valence-corrected chi connectivity index (χ2v) is 8.20. The van der Waals surface area contributed by atoms with Crippen LogP contribution in [0.3, 0.4) is 0 Å². The number of hydrogen-bond donors (Lipinski definition) is 2. The van der Waals surface area contributed by atoms with Crippen LogP contribution in [0, 0.1) is 6.92 Å². The lowest BCUT2D eigenvalue weighted by atomic mass is 10.2. The number of halogens is 4. The maximum Gasteiger partial charge on any atom is 0.437 e. The van der Waals surface area contributed by atoms with E-state index in [1.165, 1.54) is 49.4 Å². The Labute approximate surface area is 179 Å². The number of primary sulfonamides is 1. The van der Waals surface area contributed by atoms with Crippen molar-refractivity contribution in [3.63, 3.8) is 0 Å². The Morgan fingerprint density at radius 1 is 1.19 bits per heavy atom. The van der Waals surface area contributed by atoms with Crippen LogP contribution in [0.25, 0.3) is 5.69 Å². The molecule has 0 aliphatic rings. The molecule has 0 radical (unpaired) electrons. The Kier molecular flexibility index (Phi) is 5.98. The number of hydrogen-bond acceptors (Lipinski definition) is 5. The second-order valence-electron chi connectivity index (χ2n) is 6.23. The molecule has 2 aromatic carbocycles. The highest BCUT2D eigenvalue weighted by atomic mass is 35.5. The number of alkyl halides is 3. The van der Waals surface area contributed by atoms with E-state index in [2.05, 4.69) is 10.4 Å². The van der Waals surface area contributed by atoms with E-state index in [1.54, 1.807) is 0 Å². The smallest absolute Gasteiger partial charge is 0.406 e. The predicted octanol–water partition coefficient (Wildman–Crippen LogP) is 4.11. The maximum atomic E-state index is 13.7. The predicted molar refractivity (Wildman–Crippen MR) is 106 cm³/mol. The number of nitrogens with two attached hydrogens (primary N) is 1. The lowest BCUT2D eigenvalue weighted by molar-refractivity contribution is -0.143. The van der Waals surface area contributed by atoms with Gasteiger partial charge in [-0.15, -0.1) is 0 Å². The first-order valence-corrected chi connectivity index (χ1v) is 10.3. The quantitative estimate of drug-likeness (QED) is 0.590. The summed E-state index contributed by atoms with van der Waals surface area (Å²) >= 11 is 5.76. The second kappa shape index (κ2) is 8.21. The maximum absolute atomic E-state index is 13.7. The molecule has 13 heteroatoms. The van der Waals surface area contributed by atoms with E-state index in [0.717, 1.165) is 6.20 Å². The van der Waals surface area contributed by atoms with Gasteiger partial charge in [0.2, 0.25) is 10.0 Å². The molecule has 0 aliphatic heterocycles. The Morgan fingerprint density at radius 2 is 1.84 bits per heavy atom. The first kappa shape index (κ1) is 22.6. The van der Waals surface area contributed by atoms with Crippen molar-refractivity contribution in [2.45, 2.75) is 18.0 Å². The largest absolute Gasteiger partial charge is 0.437 e. The summed E-state index contributed by atoms with van der Waals surface area (Å²) in [4.78, 5) is 12.0. The van der Waals surface area contributed by atoms with Gasteiger partial charge in [-0.1, -0.05) is 17.7 Å². The van der Waals surface area contributed by atoms with Crippen LogP contribution in [0.1, 0.15) is 11.3 Å². The fourth-order valence-corrected chi connectivity index (χ4v) is 3.67. The highest BCUT2D eigenvalue weighted by Gasteiger charge is 2.40. The first-order chi connectivity index (χ1) is 14.4. The number of amides is 1. The molecule has 1 amide bonds. The van der Waals surface area contributed by atoms with Crippen molar-refractivity contribution >= 4 is 33.4 Å². The third-order valence-electron chi connectivity index (χ3n) is 4.11. The molecule has 0 bridgehead atoms. The number of ether oxygens (including phenoxy) is 1. The zero-order chi connectivity index (χ0) is 23.0. The lowest BCUT2D eigenvalue weighted by Gasteiger charge is -2.14. The van der Waals surface area contributed by atoms with E-state index >= 15 is 0 Å². The number of anilines is 1. The number of sulfonamides is 1. The summed E-state index contributed by atoms with van der Waals surface area (Å²) in [7, 11) is -4.07. The van der Waals surface area contributed by atoms with Crippen molar-refractivity contribution in [2.75, 3.05) is 5.32 Å². The zero-order valence-corrected chi connectivity index (χ0v) is 17.2. The molecule has 164 valence electrons. The number of nitrogens with one attached hydrogen (secondary N) is 1. The molecule has 0 spiro atoms. The van der Waals surface area contributed by atoms with Crippen molar-refractivity contribution in [1.29, 1.82) is 0 Å². The van der Waals surface area contributed by atoms with E-state index in [0.29, 0.717) is 9.70 Å². The highest BCUT2D eigenvalue weighted by molar-refractivity contribution is 7.89. The van der Waals surface area contributed by atoms with E-state index < -0.39 is 33.7 Å². The monoisotopic (exact) mass is 474 g/mol. The Hall–Kier alpha value is -3.09. The highest BCUT2D eigenvalue weighted by Crippen LogP contribution is 2.38. The molecule has 0 fully saturated rings. The Balaban J connectivity index is 1.92. The van der Waals surface area contributed by atoms with Crippen LogP contribution in [-0.2, 0) is 16.2 Å². The molecule has 0 unspecified atom stereocenters. The van der Waals surface area contributed by atoms with Crippen molar-refractivity contribution in [2.24, 2.45) is 5.14 Å². The first-order valence-electron chi connectivity index (χ1n) is 8.40. The van der Waals surface area contributed by atoms with E-state index in [1.807, 2.05) is 0 Å². The lowest BCUT2D eigenvalue weighted by Crippen LogP contribution is -2.21. The average molecular weight is 475 g/mol. The summed E-state index contributed by atoms with van der Waals surface area (Å²) in [5.41, 5.74) is -1.19. The van der Waals surface area contributed by atoms with Crippen LogP contribution in [0.15, 0.2) is 53.6 Å². The van der Waals surface area contributed by atoms with Crippen molar-refractivity contribution < 1.29 is 31.1 Å². The van der Waals surface area contributed by atoms with Crippen LogP contribution < -0.4 is 15.2 Å². The van der Waals surface area contributed by atoms with Crippen molar-refractivity contribution in [3.05, 3.63) is 64.9 Å². The van der Waals surface area contributed by atoms with Gasteiger partial charge in [-0.3, -0.25) is 5.32 Å². The average Bonchev–Trinajstić information content (AvgIpc) is 3.07. The molecule has 0 atom stereocenters. The molecule has 31 heavy (non-hydrogen) atoms. The molecule has 3 N–H and O–H groups in total. The third kappa shape index (κ3) is 4.98. The zero-order valence-electron chi connectivity index (χ0n) is 15.6.